The van der Waals surface area contributed by atoms with Crippen LogP contribution in [0.5, 0.6) is 0 Å². The van der Waals surface area contributed by atoms with E-state index >= 15 is 0 Å². The van der Waals surface area contributed by atoms with E-state index in [9.17, 15) is 8.42 Å². The Hall–Kier alpha value is -2.15. The monoisotopic (exact) mass is 407 g/mol. The molecule has 3 aliphatic rings. The predicted molar refractivity (Wildman–Crippen MR) is 113 cm³/mol. The number of aromatic nitrogens is 1. The summed E-state index contributed by atoms with van der Waals surface area (Å²) in [6.45, 7) is 4.12. The molecule has 0 amide bonds. The summed E-state index contributed by atoms with van der Waals surface area (Å²) >= 11 is 0. The Morgan fingerprint density at radius 3 is 2.66 bits per heavy atom. The number of hydrogen-bond acceptors (Lipinski definition) is 3. The van der Waals surface area contributed by atoms with Gasteiger partial charge in [-0.3, -0.25) is 4.90 Å². The maximum Gasteiger partial charge on any atom is 0.243 e. The number of sulfonamides is 1. The molecule has 0 saturated carbocycles. The first-order valence-corrected chi connectivity index (χ1v) is 11.9. The Bertz CT molecular complexity index is 1200. The van der Waals surface area contributed by atoms with Crippen molar-refractivity contribution in [1.82, 2.24) is 14.2 Å². The van der Waals surface area contributed by atoms with Crippen molar-refractivity contribution < 1.29 is 8.42 Å². The van der Waals surface area contributed by atoms with Gasteiger partial charge in [0.1, 0.15) is 0 Å². The molecule has 1 aromatic heterocycles. The summed E-state index contributed by atoms with van der Waals surface area (Å²) in [4.78, 5) is 6.58. The van der Waals surface area contributed by atoms with Crippen LogP contribution in [-0.4, -0.2) is 47.8 Å². The first-order chi connectivity index (χ1) is 14.0. The van der Waals surface area contributed by atoms with Crippen LogP contribution in [0.1, 0.15) is 23.2 Å². The molecule has 6 heteroatoms. The molecular weight excluding hydrogens is 382 g/mol. The van der Waals surface area contributed by atoms with Gasteiger partial charge in [-0.25, -0.2) is 8.42 Å². The number of fused-ring (bicyclic) bond motifs is 6. The average Bonchev–Trinajstić information content (AvgIpc) is 3.37. The summed E-state index contributed by atoms with van der Waals surface area (Å²) < 4.78 is 28.0. The number of nitrogens with zero attached hydrogens (tertiary/aromatic N) is 2. The predicted octanol–water partition coefficient (Wildman–Crippen LogP) is 3.30. The van der Waals surface area contributed by atoms with Crippen molar-refractivity contribution in [1.29, 1.82) is 0 Å². The highest BCUT2D eigenvalue weighted by Crippen LogP contribution is 2.43. The van der Waals surface area contributed by atoms with Crippen molar-refractivity contribution in [3.8, 4) is 0 Å². The van der Waals surface area contributed by atoms with E-state index in [1.54, 1.807) is 16.4 Å². The number of nitrogens with one attached hydrogen (secondary N) is 1. The second-order valence-corrected chi connectivity index (χ2v) is 10.8. The van der Waals surface area contributed by atoms with E-state index in [2.05, 4.69) is 34.1 Å². The van der Waals surface area contributed by atoms with Crippen LogP contribution in [0.4, 0.5) is 0 Å². The number of rotatable bonds is 2. The summed E-state index contributed by atoms with van der Waals surface area (Å²) in [6, 6.07) is 16.6. The van der Waals surface area contributed by atoms with Gasteiger partial charge >= 0.3 is 0 Å². The third-order valence-electron chi connectivity index (χ3n) is 7.18. The van der Waals surface area contributed by atoms with Crippen LogP contribution in [0.25, 0.3) is 10.9 Å². The second-order valence-electron chi connectivity index (χ2n) is 8.86. The SMILES string of the molecule is Cc1ccc(S(=O)(=O)N2C[C@@H]3C[C@H]4Cc5c([nH]c6ccccc56)CN4[C@@H]3C2)cc1. The zero-order valence-corrected chi connectivity index (χ0v) is 17.3. The van der Waals surface area contributed by atoms with Crippen LogP contribution >= 0.6 is 0 Å². The minimum Gasteiger partial charge on any atom is -0.357 e. The lowest BCUT2D eigenvalue weighted by Gasteiger charge is -2.34. The Morgan fingerprint density at radius 1 is 1.03 bits per heavy atom. The van der Waals surface area contributed by atoms with Gasteiger partial charge in [0.25, 0.3) is 0 Å². The lowest BCUT2D eigenvalue weighted by atomic mass is 9.95. The highest BCUT2D eigenvalue weighted by Gasteiger charge is 2.50. The summed E-state index contributed by atoms with van der Waals surface area (Å²) in [5.41, 5.74) is 5.06. The molecule has 2 aromatic carbocycles. The lowest BCUT2D eigenvalue weighted by Crippen LogP contribution is -2.43. The molecule has 2 saturated heterocycles. The second kappa shape index (κ2) is 6.17. The normalized spacial score (nSPS) is 27.1. The molecule has 1 N–H and O–H groups in total. The maximum absolute atomic E-state index is 13.2. The third-order valence-corrected chi connectivity index (χ3v) is 9.03. The molecular formula is C23H25N3O2S. The number of H-pyrrole nitrogens is 1. The fourth-order valence-corrected chi connectivity index (χ4v) is 7.24. The average molecular weight is 408 g/mol. The fourth-order valence-electron chi connectivity index (χ4n) is 5.72. The molecule has 3 aromatic rings. The zero-order valence-electron chi connectivity index (χ0n) is 16.5. The smallest absolute Gasteiger partial charge is 0.243 e. The summed E-state index contributed by atoms with van der Waals surface area (Å²) in [5.74, 6) is 0.426. The molecule has 150 valence electrons. The van der Waals surface area contributed by atoms with E-state index in [-0.39, 0.29) is 0 Å². The van der Waals surface area contributed by atoms with Gasteiger partial charge in [-0.1, -0.05) is 35.9 Å². The van der Waals surface area contributed by atoms with Crippen molar-refractivity contribution in [2.24, 2.45) is 5.92 Å². The minimum atomic E-state index is -3.42. The van der Waals surface area contributed by atoms with Gasteiger partial charge in [0, 0.05) is 48.3 Å². The molecule has 29 heavy (non-hydrogen) atoms. The van der Waals surface area contributed by atoms with Crippen LogP contribution in [0.15, 0.2) is 53.4 Å². The van der Waals surface area contributed by atoms with Gasteiger partial charge in [-0.05, 0) is 49.4 Å². The van der Waals surface area contributed by atoms with Gasteiger partial charge in [-0.2, -0.15) is 4.31 Å². The highest BCUT2D eigenvalue weighted by atomic mass is 32.2. The first kappa shape index (κ1) is 17.7. The number of hydrogen-bond donors (Lipinski definition) is 1. The van der Waals surface area contributed by atoms with Crippen LogP contribution in [0.2, 0.25) is 0 Å². The molecule has 0 spiro atoms. The van der Waals surface area contributed by atoms with Crippen molar-refractivity contribution in [2.45, 2.75) is 43.3 Å². The molecule has 6 rings (SSSR count). The van der Waals surface area contributed by atoms with Gasteiger partial charge in [0.15, 0.2) is 0 Å². The van der Waals surface area contributed by atoms with E-state index in [0.29, 0.717) is 36.0 Å². The van der Waals surface area contributed by atoms with E-state index < -0.39 is 10.0 Å². The lowest BCUT2D eigenvalue weighted by molar-refractivity contribution is 0.163. The van der Waals surface area contributed by atoms with Crippen LogP contribution in [0.3, 0.4) is 0 Å². The maximum atomic E-state index is 13.2. The molecule has 3 aliphatic heterocycles. The molecule has 0 radical (unpaired) electrons. The van der Waals surface area contributed by atoms with Gasteiger partial charge in [0.05, 0.1) is 4.90 Å². The van der Waals surface area contributed by atoms with E-state index in [1.807, 2.05) is 19.1 Å². The number of para-hydroxylation sites is 1. The molecule has 4 heterocycles. The Labute approximate surface area is 171 Å². The molecule has 0 aliphatic carbocycles. The molecule has 2 fully saturated rings. The molecule has 3 atom stereocenters. The fraction of sp³-hybridized carbons (Fsp3) is 0.391. The number of benzene rings is 2. The van der Waals surface area contributed by atoms with E-state index in [4.69, 9.17) is 0 Å². The van der Waals surface area contributed by atoms with Crippen LogP contribution in [0, 0.1) is 12.8 Å². The van der Waals surface area contributed by atoms with E-state index in [0.717, 1.165) is 24.9 Å². The Balaban J connectivity index is 1.27. The van der Waals surface area contributed by atoms with Gasteiger partial charge < -0.3 is 4.98 Å². The number of aryl methyl sites for hydroxylation is 1. The van der Waals surface area contributed by atoms with Crippen LogP contribution in [-0.2, 0) is 23.0 Å². The summed E-state index contributed by atoms with van der Waals surface area (Å²) in [5, 5.41) is 1.35. The van der Waals surface area contributed by atoms with Gasteiger partial charge in [-0.15, -0.1) is 0 Å². The third kappa shape index (κ3) is 2.62. The van der Waals surface area contributed by atoms with Crippen molar-refractivity contribution >= 4 is 20.9 Å². The highest BCUT2D eigenvalue weighted by molar-refractivity contribution is 7.89. The minimum absolute atomic E-state index is 0.319. The van der Waals surface area contributed by atoms with Crippen LogP contribution < -0.4 is 0 Å². The molecule has 0 bridgehead atoms. The largest absolute Gasteiger partial charge is 0.357 e. The molecule has 5 nitrogen and oxygen atoms in total. The van der Waals surface area contributed by atoms with E-state index in [1.165, 1.54) is 22.2 Å². The van der Waals surface area contributed by atoms with Crippen molar-refractivity contribution in [3.63, 3.8) is 0 Å². The Kier molecular flexibility index (Phi) is 3.77. The summed E-state index contributed by atoms with van der Waals surface area (Å²) in [6.07, 6.45) is 2.15. The standard InChI is InChI=1S/C23H25N3O2S/c1-15-6-8-18(9-7-15)29(27,28)25-12-16-10-17-11-20-19-4-2-3-5-21(19)24-22(20)13-26(17)23(16)14-25/h2-9,16-17,23-24H,10-14H2,1H3/t16-,17-,23+/m0/s1. The molecule has 0 unspecified atom stereocenters. The topological polar surface area (TPSA) is 56.4 Å². The number of aromatic amines is 1. The summed E-state index contributed by atoms with van der Waals surface area (Å²) in [7, 11) is -3.42. The first-order valence-electron chi connectivity index (χ1n) is 10.4. The van der Waals surface area contributed by atoms with Crippen molar-refractivity contribution in [2.75, 3.05) is 13.1 Å². The quantitative estimate of drug-likeness (QED) is 0.709. The van der Waals surface area contributed by atoms with Gasteiger partial charge in [0.2, 0.25) is 10.0 Å². The van der Waals surface area contributed by atoms with Crippen molar-refractivity contribution in [3.05, 3.63) is 65.4 Å². The Morgan fingerprint density at radius 2 is 1.83 bits per heavy atom. The zero-order chi connectivity index (χ0) is 19.8.